The molecule has 2 N–H and O–H groups in total. The molecule has 102 valence electrons. The maximum absolute atomic E-state index is 11.8. The quantitative estimate of drug-likeness (QED) is 0.746. The number of aryl methyl sites for hydroxylation is 1. The fourth-order valence-electron chi connectivity index (χ4n) is 1.25. The summed E-state index contributed by atoms with van der Waals surface area (Å²) < 4.78 is 26.0. The summed E-state index contributed by atoms with van der Waals surface area (Å²) in [5, 5.41) is 0.0247. The van der Waals surface area contributed by atoms with E-state index in [1.54, 1.807) is 14.1 Å². The lowest BCUT2D eigenvalue weighted by Gasteiger charge is -2.10. The van der Waals surface area contributed by atoms with Gasteiger partial charge in [-0.05, 0) is 0 Å². The molecule has 0 unspecified atom stereocenters. The van der Waals surface area contributed by atoms with Gasteiger partial charge in [0.05, 0.1) is 6.20 Å². The number of amides is 1. The number of carbonyl (C=O) groups excluding carboxylic acids is 1. The molecule has 0 radical (unpaired) electrons. The highest BCUT2D eigenvalue weighted by Gasteiger charge is 2.17. The molecule has 1 heterocycles. The van der Waals surface area contributed by atoms with Crippen LogP contribution in [-0.4, -0.2) is 49.8 Å². The molecule has 0 aliphatic carbocycles. The molecule has 0 fully saturated rings. The number of aromatic nitrogens is 2. The molecule has 0 aliphatic heterocycles. The number of sulfonamides is 1. The van der Waals surface area contributed by atoms with E-state index in [2.05, 4.69) is 14.7 Å². The van der Waals surface area contributed by atoms with Gasteiger partial charge in [0.25, 0.3) is 10.0 Å². The molecule has 0 saturated heterocycles. The number of imidazole rings is 1. The van der Waals surface area contributed by atoms with Gasteiger partial charge in [-0.3, -0.25) is 4.79 Å². The van der Waals surface area contributed by atoms with Gasteiger partial charge in [0, 0.05) is 33.5 Å². The van der Waals surface area contributed by atoms with Crippen molar-refractivity contribution in [1.82, 2.24) is 19.6 Å². The molecule has 0 saturated carbocycles. The molecule has 7 nitrogen and oxygen atoms in total. The normalized spacial score (nSPS) is 11.5. The van der Waals surface area contributed by atoms with E-state index in [1.807, 2.05) is 6.92 Å². The first kappa shape index (κ1) is 14.7. The van der Waals surface area contributed by atoms with Gasteiger partial charge in [-0.1, -0.05) is 6.92 Å². The molecule has 1 rings (SSSR count). The van der Waals surface area contributed by atoms with E-state index in [1.165, 1.54) is 11.1 Å². The molecule has 0 aliphatic rings. The van der Waals surface area contributed by atoms with E-state index in [9.17, 15) is 13.2 Å². The molecule has 0 atom stereocenters. The van der Waals surface area contributed by atoms with E-state index in [0.29, 0.717) is 12.2 Å². The summed E-state index contributed by atoms with van der Waals surface area (Å²) in [5.74, 6) is 0.483. The summed E-state index contributed by atoms with van der Waals surface area (Å²) in [6, 6.07) is 0. The standard InChI is InChI=1S/C10H18N4O3S/c1-4-8-11-7-9(13-8)18(16,17)12-6-5-10(15)14(2)3/h7,12H,4-6H2,1-3H3,(H,11,13). The molecule has 0 bridgehead atoms. The van der Waals surface area contributed by atoms with Crippen LogP contribution in [0.3, 0.4) is 0 Å². The minimum Gasteiger partial charge on any atom is -0.349 e. The third-order valence-corrected chi connectivity index (χ3v) is 3.73. The summed E-state index contributed by atoms with van der Waals surface area (Å²) in [6.45, 7) is 1.94. The lowest BCUT2D eigenvalue weighted by atomic mass is 10.4. The molecule has 1 amide bonds. The highest BCUT2D eigenvalue weighted by Crippen LogP contribution is 2.05. The van der Waals surface area contributed by atoms with Crippen molar-refractivity contribution in [2.45, 2.75) is 24.8 Å². The van der Waals surface area contributed by atoms with Crippen molar-refractivity contribution < 1.29 is 13.2 Å². The lowest BCUT2D eigenvalue weighted by Crippen LogP contribution is -2.30. The SMILES string of the molecule is CCc1ncc(S(=O)(=O)NCCC(=O)N(C)C)[nH]1. The van der Waals surface area contributed by atoms with Crippen molar-refractivity contribution in [3.05, 3.63) is 12.0 Å². The Bertz CT molecular complexity index is 507. The van der Waals surface area contributed by atoms with Crippen molar-refractivity contribution in [2.75, 3.05) is 20.6 Å². The molecule has 18 heavy (non-hydrogen) atoms. The second-order valence-electron chi connectivity index (χ2n) is 3.98. The van der Waals surface area contributed by atoms with Crippen LogP contribution >= 0.6 is 0 Å². The molecule has 0 spiro atoms. The van der Waals surface area contributed by atoms with Gasteiger partial charge in [-0.15, -0.1) is 0 Å². The Labute approximate surface area is 107 Å². The Morgan fingerprint density at radius 2 is 2.17 bits per heavy atom. The minimum absolute atomic E-state index is 0.0247. The predicted molar refractivity (Wildman–Crippen MR) is 66.5 cm³/mol. The number of H-pyrrole nitrogens is 1. The van der Waals surface area contributed by atoms with Gasteiger partial charge < -0.3 is 9.88 Å². The van der Waals surface area contributed by atoms with Crippen LogP contribution in [0.1, 0.15) is 19.2 Å². The summed E-state index contributed by atoms with van der Waals surface area (Å²) in [5.41, 5.74) is 0. The van der Waals surface area contributed by atoms with Crippen LogP contribution in [0, 0.1) is 0 Å². The summed E-state index contributed by atoms with van der Waals surface area (Å²) >= 11 is 0. The van der Waals surface area contributed by atoms with Gasteiger partial charge in [-0.25, -0.2) is 18.1 Å². The highest BCUT2D eigenvalue weighted by atomic mass is 32.2. The zero-order chi connectivity index (χ0) is 13.8. The molecule has 8 heteroatoms. The van der Waals surface area contributed by atoms with Crippen molar-refractivity contribution in [1.29, 1.82) is 0 Å². The van der Waals surface area contributed by atoms with Gasteiger partial charge in [0.1, 0.15) is 5.82 Å². The first-order valence-corrected chi connectivity index (χ1v) is 7.09. The van der Waals surface area contributed by atoms with E-state index < -0.39 is 10.0 Å². The number of rotatable bonds is 6. The lowest BCUT2D eigenvalue weighted by molar-refractivity contribution is -0.128. The van der Waals surface area contributed by atoms with E-state index in [4.69, 9.17) is 0 Å². The minimum atomic E-state index is -3.61. The van der Waals surface area contributed by atoms with Crippen molar-refractivity contribution in [3.63, 3.8) is 0 Å². The third-order valence-electron chi connectivity index (χ3n) is 2.36. The zero-order valence-electron chi connectivity index (χ0n) is 10.7. The molecular weight excluding hydrogens is 256 g/mol. The molecule has 1 aromatic rings. The van der Waals surface area contributed by atoms with Gasteiger partial charge >= 0.3 is 0 Å². The second kappa shape index (κ2) is 5.96. The molecule has 1 aromatic heterocycles. The number of aromatic amines is 1. The smallest absolute Gasteiger partial charge is 0.257 e. The van der Waals surface area contributed by atoms with Crippen LogP contribution in [0.4, 0.5) is 0 Å². The van der Waals surface area contributed by atoms with Crippen LogP contribution < -0.4 is 4.72 Å². The Hall–Kier alpha value is -1.41. The van der Waals surface area contributed by atoms with E-state index in [-0.39, 0.29) is 23.9 Å². The fraction of sp³-hybridized carbons (Fsp3) is 0.600. The van der Waals surface area contributed by atoms with Crippen molar-refractivity contribution >= 4 is 15.9 Å². The van der Waals surface area contributed by atoms with Crippen molar-refractivity contribution in [2.24, 2.45) is 0 Å². The van der Waals surface area contributed by atoms with Crippen LogP contribution in [0.2, 0.25) is 0 Å². The van der Waals surface area contributed by atoms with Crippen LogP contribution in [0.5, 0.6) is 0 Å². The Morgan fingerprint density at radius 3 is 2.67 bits per heavy atom. The number of nitrogens with one attached hydrogen (secondary N) is 2. The molecule has 0 aromatic carbocycles. The van der Waals surface area contributed by atoms with Crippen LogP contribution in [0.25, 0.3) is 0 Å². The summed E-state index contributed by atoms with van der Waals surface area (Å²) in [7, 11) is -0.361. The maximum atomic E-state index is 11.8. The van der Waals surface area contributed by atoms with E-state index in [0.717, 1.165) is 0 Å². The largest absolute Gasteiger partial charge is 0.349 e. The number of hydrogen-bond donors (Lipinski definition) is 2. The first-order valence-electron chi connectivity index (χ1n) is 5.60. The Kier molecular flexibility index (Phi) is 4.85. The number of hydrogen-bond acceptors (Lipinski definition) is 4. The van der Waals surface area contributed by atoms with Gasteiger partial charge in [0.2, 0.25) is 5.91 Å². The maximum Gasteiger partial charge on any atom is 0.257 e. The van der Waals surface area contributed by atoms with Gasteiger partial charge in [0.15, 0.2) is 5.03 Å². The Balaban J connectivity index is 2.58. The average Bonchev–Trinajstić information content (AvgIpc) is 2.77. The summed E-state index contributed by atoms with van der Waals surface area (Å²) in [4.78, 5) is 19.3. The summed E-state index contributed by atoms with van der Waals surface area (Å²) in [6.07, 6.45) is 2.03. The number of carbonyl (C=O) groups is 1. The monoisotopic (exact) mass is 274 g/mol. The van der Waals surface area contributed by atoms with Crippen LogP contribution in [-0.2, 0) is 21.2 Å². The van der Waals surface area contributed by atoms with Crippen molar-refractivity contribution in [3.8, 4) is 0 Å². The van der Waals surface area contributed by atoms with Crippen LogP contribution in [0.15, 0.2) is 11.2 Å². The fourth-order valence-corrected chi connectivity index (χ4v) is 2.22. The molecular formula is C10H18N4O3S. The Morgan fingerprint density at radius 1 is 1.50 bits per heavy atom. The average molecular weight is 274 g/mol. The first-order chi connectivity index (χ1) is 8.36. The second-order valence-corrected chi connectivity index (χ2v) is 5.72. The van der Waals surface area contributed by atoms with E-state index >= 15 is 0 Å². The number of nitrogens with zero attached hydrogens (tertiary/aromatic N) is 2. The zero-order valence-corrected chi connectivity index (χ0v) is 11.5. The highest BCUT2D eigenvalue weighted by molar-refractivity contribution is 7.89. The topological polar surface area (TPSA) is 95.2 Å². The predicted octanol–water partition coefficient (Wildman–Crippen LogP) is -0.271. The third kappa shape index (κ3) is 3.81. The van der Waals surface area contributed by atoms with Gasteiger partial charge in [-0.2, -0.15) is 0 Å².